The molecule has 3 heteroatoms. The van der Waals surface area contributed by atoms with E-state index in [0.717, 1.165) is 16.8 Å². The van der Waals surface area contributed by atoms with Crippen LogP contribution in [0.2, 0.25) is 0 Å². The lowest BCUT2D eigenvalue weighted by Gasteiger charge is -2.27. The van der Waals surface area contributed by atoms with Crippen molar-refractivity contribution in [2.24, 2.45) is 5.41 Å². The monoisotopic (exact) mass is 279 g/mol. The van der Waals surface area contributed by atoms with Gasteiger partial charge in [-0.2, -0.15) is 0 Å². The summed E-state index contributed by atoms with van der Waals surface area (Å²) in [7, 11) is 3.99. The smallest absolute Gasteiger partial charge is 0.178 e. The number of hydrogen-bond acceptors (Lipinski definition) is 3. The third-order valence-corrected chi connectivity index (χ3v) is 4.06. The van der Waals surface area contributed by atoms with Crippen LogP contribution in [0, 0.1) is 5.41 Å². The Hall–Kier alpha value is -2.42. The van der Waals surface area contributed by atoms with Gasteiger partial charge in [0, 0.05) is 31.6 Å². The van der Waals surface area contributed by atoms with E-state index in [-0.39, 0.29) is 11.6 Å². The summed E-state index contributed by atoms with van der Waals surface area (Å²) in [5.74, 6) is 0.0765. The lowest BCUT2D eigenvalue weighted by molar-refractivity contribution is -0.115. The maximum Gasteiger partial charge on any atom is 0.178 e. The molecular weight excluding hydrogens is 262 g/mol. The minimum absolute atomic E-state index is 0.0257. The Morgan fingerprint density at radius 2 is 1.62 bits per heavy atom. The highest BCUT2D eigenvalue weighted by Crippen LogP contribution is 2.47. The molecule has 1 aromatic rings. The maximum atomic E-state index is 11.9. The molecule has 3 nitrogen and oxygen atoms in total. The van der Waals surface area contributed by atoms with Crippen molar-refractivity contribution in [3.8, 4) is 0 Å². The van der Waals surface area contributed by atoms with E-state index in [1.807, 2.05) is 55.4 Å². The van der Waals surface area contributed by atoms with Crippen molar-refractivity contribution in [2.45, 2.75) is 6.42 Å². The van der Waals surface area contributed by atoms with Crippen molar-refractivity contribution < 1.29 is 9.59 Å². The largest absolute Gasteiger partial charge is 0.378 e. The number of nitrogens with zero attached hydrogens (tertiary/aromatic N) is 1. The molecule has 0 unspecified atom stereocenters. The number of rotatable bonds is 2. The minimum atomic E-state index is -0.454. The third-order valence-electron chi connectivity index (χ3n) is 4.06. The predicted octanol–water partition coefficient (Wildman–Crippen LogP) is 2.79. The number of allylic oxidation sites excluding steroid dienone is 6. The maximum absolute atomic E-state index is 11.9. The molecule has 2 aliphatic carbocycles. The Bertz CT molecular complexity index is 674. The van der Waals surface area contributed by atoms with Crippen molar-refractivity contribution in [1.82, 2.24) is 0 Å². The van der Waals surface area contributed by atoms with Gasteiger partial charge in [-0.05, 0) is 41.5 Å². The fraction of sp³-hybridized carbons (Fsp3) is 0.222. The van der Waals surface area contributed by atoms with Crippen LogP contribution in [0.3, 0.4) is 0 Å². The zero-order valence-corrected chi connectivity index (χ0v) is 12.2. The summed E-state index contributed by atoms with van der Waals surface area (Å²) >= 11 is 0. The molecule has 0 atom stereocenters. The summed E-state index contributed by atoms with van der Waals surface area (Å²) in [5, 5.41) is 0. The lowest BCUT2D eigenvalue weighted by atomic mass is 9.75. The summed E-state index contributed by atoms with van der Waals surface area (Å²) < 4.78 is 0. The van der Waals surface area contributed by atoms with Gasteiger partial charge in [-0.3, -0.25) is 9.59 Å². The SMILES string of the molecule is CN(C)c1ccc(C2=CC(=O)CC23C=CC(=O)C=C3)cc1. The highest BCUT2D eigenvalue weighted by molar-refractivity contribution is 6.08. The molecule has 21 heavy (non-hydrogen) atoms. The average molecular weight is 279 g/mol. The minimum Gasteiger partial charge on any atom is -0.378 e. The molecule has 0 N–H and O–H groups in total. The van der Waals surface area contributed by atoms with Gasteiger partial charge in [0.25, 0.3) is 0 Å². The third kappa shape index (κ3) is 2.35. The lowest BCUT2D eigenvalue weighted by Crippen LogP contribution is -2.18. The molecule has 0 fully saturated rings. The van der Waals surface area contributed by atoms with Gasteiger partial charge < -0.3 is 4.90 Å². The quantitative estimate of drug-likeness (QED) is 0.835. The number of carbonyl (C=O) groups is 2. The molecule has 1 aromatic carbocycles. The second kappa shape index (κ2) is 4.85. The second-order valence-corrected chi connectivity index (χ2v) is 5.75. The predicted molar refractivity (Wildman–Crippen MR) is 84.1 cm³/mol. The van der Waals surface area contributed by atoms with Gasteiger partial charge in [0.05, 0.1) is 0 Å². The number of carbonyl (C=O) groups excluding carboxylic acids is 2. The number of hydrogen-bond donors (Lipinski definition) is 0. The molecular formula is C18H17NO2. The number of ketones is 2. The molecule has 0 aliphatic heterocycles. The van der Waals surface area contributed by atoms with Gasteiger partial charge in [-0.1, -0.05) is 24.3 Å². The highest BCUT2D eigenvalue weighted by atomic mass is 16.1. The second-order valence-electron chi connectivity index (χ2n) is 5.75. The van der Waals surface area contributed by atoms with Gasteiger partial charge in [-0.25, -0.2) is 0 Å². The Labute approximate surface area is 124 Å². The molecule has 0 aromatic heterocycles. The van der Waals surface area contributed by atoms with Crippen LogP contribution in [-0.4, -0.2) is 25.7 Å². The molecule has 0 radical (unpaired) electrons. The van der Waals surface area contributed by atoms with Crippen molar-refractivity contribution in [3.63, 3.8) is 0 Å². The molecule has 0 saturated heterocycles. The van der Waals surface area contributed by atoms with Gasteiger partial charge in [0.2, 0.25) is 0 Å². The van der Waals surface area contributed by atoms with Gasteiger partial charge >= 0.3 is 0 Å². The van der Waals surface area contributed by atoms with Crippen LogP contribution < -0.4 is 4.90 Å². The molecule has 0 saturated carbocycles. The van der Waals surface area contributed by atoms with E-state index in [0.29, 0.717) is 6.42 Å². The molecule has 0 bridgehead atoms. The average Bonchev–Trinajstić information content (AvgIpc) is 2.79. The van der Waals surface area contributed by atoms with E-state index in [9.17, 15) is 9.59 Å². The number of benzene rings is 1. The van der Waals surface area contributed by atoms with E-state index >= 15 is 0 Å². The summed E-state index contributed by atoms with van der Waals surface area (Å²) in [6.07, 6.45) is 8.92. The Balaban J connectivity index is 2.01. The van der Waals surface area contributed by atoms with Crippen molar-refractivity contribution >= 4 is 22.8 Å². The van der Waals surface area contributed by atoms with Crippen LogP contribution in [0.5, 0.6) is 0 Å². The van der Waals surface area contributed by atoms with Crippen LogP contribution in [-0.2, 0) is 9.59 Å². The molecule has 0 amide bonds. The van der Waals surface area contributed by atoms with Gasteiger partial charge in [-0.15, -0.1) is 0 Å². The summed E-state index contributed by atoms with van der Waals surface area (Å²) in [6, 6.07) is 8.13. The van der Waals surface area contributed by atoms with E-state index in [2.05, 4.69) is 0 Å². The van der Waals surface area contributed by atoms with Crippen LogP contribution in [0.1, 0.15) is 12.0 Å². The molecule has 106 valence electrons. The fourth-order valence-corrected chi connectivity index (χ4v) is 2.89. The Kier molecular flexibility index (Phi) is 3.13. The van der Waals surface area contributed by atoms with E-state index < -0.39 is 5.41 Å². The summed E-state index contributed by atoms with van der Waals surface area (Å²) in [4.78, 5) is 25.3. The highest BCUT2D eigenvalue weighted by Gasteiger charge is 2.38. The van der Waals surface area contributed by atoms with E-state index in [1.54, 1.807) is 18.2 Å². The Morgan fingerprint density at radius 3 is 2.19 bits per heavy atom. The molecule has 0 heterocycles. The fourth-order valence-electron chi connectivity index (χ4n) is 2.89. The first kappa shape index (κ1) is 13.6. The van der Waals surface area contributed by atoms with E-state index in [1.165, 1.54) is 0 Å². The molecule has 3 rings (SSSR count). The normalized spacial score (nSPS) is 19.2. The van der Waals surface area contributed by atoms with Crippen LogP contribution in [0.4, 0.5) is 5.69 Å². The Morgan fingerprint density at radius 1 is 1.00 bits per heavy atom. The zero-order valence-electron chi connectivity index (χ0n) is 12.2. The van der Waals surface area contributed by atoms with E-state index in [4.69, 9.17) is 0 Å². The summed E-state index contributed by atoms with van der Waals surface area (Å²) in [6.45, 7) is 0. The van der Waals surface area contributed by atoms with Gasteiger partial charge in [0.15, 0.2) is 11.6 Å². The van der Waals surface area contributed by atoms with Crippen molar-refractivity contribution in [3.05, 3.63) is 60.2 Å². The first-order valence-corrected chi connectivity index (χ1v) is 6.95. The first-order chi connectivity index (χ1) is 10.00. The van der Waals surface area contributed by atoms with Crippen molar-refractivity contribution in [1.29, 1.82) is 0 Å². The summed E-state index contributed by atoms with van der Waals surface area (Å²) in [5.41, 5.74) is 2.65. The van der Waals surface area contributed by atoms with Crippen LogP contribution >= 0.6 is 0 Å². The van der Waals surface area contributed by atoms with Crippen LogP contribution in [0.25, 0.3) is 5.57 Å². The van der Waals surface area contributed by atoms with Crippen molar-refractivity contribution in [2.75, 3.05) is 19.0 Å². The zero-order chi connectivity index (χ0) is 15.0. The molecule has 2 aliphatic rings. The van der Waals surface area contributed by atoms with Crippen LogP contribution in [0.15, 0.2) is 54.6 Å². The molecule has 1 spiro atoms. The number of anilines is 1. The van der Waals surface area contributed by atoms with Gasteiger partial charge in [0.1, 0.15) is 0 Å². The topological polar surface area (TPSA) is 37.4 Å². The first-order valence-electron chi connectivity index (χ1n) is 6.95. The standard InChI is InChI=1S/C18H17NO2/c1-19(2)14-5-3-13(4-6-14)17-11-16(21)12-18(17)9-7-15(20)8-10-18/h3-11H,12H2,1-2H3.